The number of ether oxygens (including phenoxy) is 1. The molecule has 1 aromatic carbocycles. The Hall–Kier alpha value is -1.42. The minimum atomic E-state index is -0.388. The van der Waals surface area contributed by atoms with Gasteiger partial charge in [0.05, 0.1) is 0 Å². The van der Waals surface area contributed by atoms with Crippen LogP contribution in [-0.4, -0.2) is 4.98 Å². The molecule has 0 aliphatic heterocycles. The number of fused-ring (bicyclic) bond motifs is 1. The highest BCUT2D eigenvalue weighted by molar-refractivity contribution is 9.10. The molecule has 1 heterocycles. The number of hydrogen-bond donors (Lipinski definition) is 0. The molecule has 18 heavy (non-hydrogen) atoms. The first kappa shape index (κ1) is 11.7. The fourth-order valence-electron chi connectivity index (χ4n) is 2.13. The molecular formula is C14H11BrFNO. The van der Waals surface area contributed by atoms with E-state index in [1.54, 1.807) is 18.2 Å². The fraction of sp³-hybridized carbons (Fsp3) is 0.214. The molecule has 1 aromatic heterocycles. The van der Waals surface area contributed by atoms with Gasteiger partial charge in [0.25, 0.3) is 0 Å². The number of nitrogens with zero attached hydrogens (tertiary/aromatic N) is 1. The summed E-state index contributed by atoms with van der Waals surface area (Å²) in [6, 6.07) is 8.42. The van der Waals surface area contributed by atoms with Crippen molar-refractivity contribution in [2.24, 2.45) is 0 Å². The van der Waals surface area contributed by atoms with E-state index in [-0.39, 0.29) is 11.6 Å². The van der Waals surface area contributed by atoms with Gasteiger partial charge in [-0.25, -0.2) is 9.37 Å². The van der Waals surface area contributed by atoms with Crippen molar-refractivity contribution in [1.29, 1.82) is 0 Å². The number of pyridine rings is 1. The monoisotopic (exact) mass is 307 g/mol. The Morgan fingerprint density at radius 2 is 2.06 bits per heavy atom. The van der Waals surface area contributed by atoms with Gasteiger partial charge in [-0.05, 0) is 43.0 Å². The molecule has 0 amide bonds. The van der Waals surface area contributed by atoms with Crippen LogP contribution in [0.1, 0.15) is 17.7 Å². The molecule has 92 valence electrons. The summed E-state index contributed by atoms with van der Waals surface area (Å²) in [7, 11) is 0. The summed E-state index contributed by atoms with van der Waals surface area (Å²) in [4.78, 5) is 4.42. The first-order chi connectivity index (χ1) is 8.72. The summed E-state index contributed by atoms with van der Waals surface area (Å²) in [5.41, 5.74) is 2.35. The Kier molecular flexibility index (Phi) is 3.04. The Labute approximate surface area is 113 Å². The van der Waals surface area contributed by atoms with Gasteiger partial charge >= 0.3 is 0 Å². The molecule has 0 fully saturated rings. The number of benzene rings is 1. The maximum absolute atomic E-state index is 13.6. The molecule has 2 aromatic rings. The van der Waals surface area contributed by atoms with Gasteiger partial charge in [0, 0.05) is 16.2 Å². The van der Waals surface area contributed by atoms with Gasteiger partial charge in [-0.15, -0.1) is 0 Å². The normalized spacial score (nSPS) is 13.4. The van der Waals surface area contributed by atoms with Crippen molar-refractivity contribution in [3.8, 4) is 11.6 Å². The van der Waals surface area contributed by atoms with E-state index < -0.39 is 0 Å². The molecule has 0 unspecified atom stereocenters. The van der Waals surface area contributed by atoms with Gasteiger partial charge in [-0.3, -0.25) is 0 Å². The van der Waals surface area contributed by atoms with Crippen LogP contribution in [0.5, 0.6) is 11.6 Å². The lowest BCUT2D eigenvalue weighted by atomic mass is 10.2. The van der Waals surface area contributed by atoms with Crippen molar-refractivity contribution in [1.82, 2.24) is 4.98 Å². The largest absolute Gasteiger partial charge is 0.436 e. The van der Waals surface area contributed by atoms with Gasteiger partial charge in [0.1, 0.15) is 0 Å². The van der Waals surface area contributed by atoms with Crippen molar-refractivity contribution < 1.29 is 9.13 Å². The van der Waals surface area contributed by atoms with Crippen LogP contribution in [0, 0.1) is 5.82 Å². The van der Waals surface area contributed by atoms with E-state index in [0.717, 1.165) is 29.4 Å². The quantitative estimate of drug-likeness (QED) is 0.827. The number of hydrogen-bond acceptors (Lipinski definition) is 2. The lowest BCUT2D eigenvalue weighted by Crippen LogP contribution is -1.94. The van der Waals surface area contributed by atoms with E-state index >= 15 is 0 Å². The summed E-state index contributed by atoms with van der Waals surface area (Å²) in [5, 5.41) is 0. The molecule has 0 spiro atoms. The highest BCUT2D eigenvalue weighted by atomic mass is 79.9. The molecule has 3 rings (SSSR count). The average Bonchev–Trinajstić information content (AvgIpc) is 2.81. The molecule has 0 N–H and O–H groups in total. The summed E-state index contributed by atoms with van der Waals surface area (Å²) in [6.45, 7) is 0. The zero-order valence-corrected chi connectivity index (χ0v) is 11.2. The van der Waals surface area contributed by atoms with Crippen molar-refractivity contribution in [2.75, 3.05) is 0 Å². The van der Waals surface area contributed by atoms with Crippen LogP contribution >= 0.6 is 15.9 Å². The van der Waals surface area contributed by atoms with Crippen LogP contribution in [-0.2, 0) is 12.8 Å². The van der Waals surface area contributed by atoms with Gasteiger partial charge in [0.15, 0.2) is 11.6 Å². The SMILES string of the molecule is Fc1ccc(Br)cc1Oc1ccc2c(n1)CCC2. The number of aryl methyl sites for hydroxylation is 2. The average molecular weight is 308 g/mol. The summed E-state index contributed by atoms with van der Waals surface area (Å²) >= 11 is 3.29. The molecule has 1 aliphatic rings. The molecular weight excluding hydrogens is 297 g/mol. The highest BCUT2D eigenvalue weighted by Gasteiger charge is 2.14. The molecule has 0 saturated heterocycles. The van der Waals surface area contributed by atoms with Crippen molar-refractivity contribution >= 4 is 15.9 Å². The second kappa shape index (κ2) is 4.69. The second-order valence-electron chi connectivity index (χ2n) is 4.29. The zero-order chi connectivity index (χ0) is 12.5. The molecule has 1 aliphatic carbocycles. The van der Waals surface area contributed by atoms with E-state index in [4.69, 9.17) is 4.74 Å². The standard InChI is InChI=1S/C14H11BrFNO/c15-10-5-6-11(16)13(8-10)18-14-7-4-9-2-1-3-12(9)17-14/h4-8H,1-3H2. The Bertz CT molecular complexity index is 600. The molecule has 0 bridgehead atoms. The van der Waals surface area contributed by atoms with E-state index in [0.29, 0.717) is 5.88 Å². The van der Waals surface area contributed by atoms with Gasteiger partial charge in [0.2, 0.25) is 5.88 Å². The van der Waals surface area contributed by atoms with Crippen LogP contribution < -0.4 is 4.74 Å². The molecule has 0 radical (unpaired) electrons. The topological polar surface area (TPSA) is 22.1 Å². The Morgan fingerprint density at radius 1 is 1.17 bits per heavy atom. The Balaban J connectivity index is 1.90. The second-order valence-corrected chi connectivity index (χ2v) is 5.20. The van der Waals surface area contributed by atoms with E-state index in [1.165, 1.54) is 11.6 Å². The maximum Gasteiger partial charge on any atom is 0.219 e. The third-order valence-electron chi connectivity index (χ3n) is 3.01. The molecule has 2 nitrogen and oxygen atoms in total. The van der Waals surface area contributed by atoms with E-state index in [2.05, 4.69) is 20.9 Å². The van der Waals surface area contributed by atoms with Crippen LogP contribution in [0.15, 0.2) is 34.8 Å². The van der Waals surface area contributed by atoms with Crippen molar-refractivity contribution in [3.05, 3.63) is 51.9 Å². The lowest BCUT2D eigenvalue weighted by molar-refractivity contribution is 0.426. The predicted octanol–water partition coefficient (Wildman–Crippen LogP) is 4.26. The zero-order valence-electron chi connectivity index (χ0n) is 9.62. The number of aromatic nitrogens is 1. The molecule has 0 atom stereocenters. The molecule has 4 heteroatoms. The summed E-state index contributed by atoms with van der Waals surface area (Å²) in [6.07, 6.45) is 3.19. The van der Waals surface area contributed by atoms with Crippen LogP contribution in [0.3, 0.4) is 0 Å². The van der Waals surface area contributed by atoms with Crippen molar-refractivity contribution in [2.45, 2.75) is 19.3 Å². The third-order valence-corrected chi connectivity index (χ3v) is 3.50. The van der Waals surface area contributed by atoms with E-state index in [1.807, 2.05) is 6.07 Å². The minimum absolute atomic E-state index is 0.190. The molecule has 0 saturated carbocycles. The van der Waals surface area contributed by atoms with Crippen LogP contribution in [0.2, 0.25) is 0 Å². The first-order valence-electron chi connectivity index (χ1n) is 5.84. The van der Waals surface area contributed by atoms with Crippen molar-refractivity contribution in [3.63, 3.8) is 0 Å². The fourth-order valence-corrected chi connectivity index (χ4v) is 2.47. The summed E-state index contributed by atoms with van der Waals surface area (Å²) in [5.74, 6) is 0.253. The Morgan fingerprint density at radius 3 is 2.94 bits per heavy atom. The smallest absolute Gasteiger partial charge is 0.219 e. The van der Waals surface area contributed by atoms with Crippen LogP contribution in [0.4, 0.5) is 4.39 Å². The summed E-state index contributed by atoms with van der Waals surface area (Å²) < 4.78 is 19.8. The van der Waals surface area contributed by atoms with E-state index in [9.17, 15) is 4.39 Å². The van der Waals surface area contributed by atoms with Gasteiger partial charge in [-0.2, -0.15) is 0 Å². The maximum atomic E-state index is 13.6. The number of halogens is 2. The highest BCUT2D eigenvalue weighted by Crippen LogP contribution is 2.28. The van der Waals surface area contributed by atoms with Gasteiger partial charge < -0.3 is 4.74 Å². The predicted molar refractivity (Wildman–Crippen MR) is 70.4 cm³/mol. The number of rotatable bonds is 2. The van der Waals surface area contributed by atoms with Crippen LogP contribution in [0.25, 0.3) is 0 Å². The van der Waals surface area contributed by atoms with Gasteiger partial charge in [-0.1, -0.05) is 22.0 Å². The first-order valence-corrected chi connectivity index (χ1v) is 6.63. The minimum Gasteiger partial charge on any atom is -0.436 e. The lowest BCUT2D eigenvalue weighted by Gasteiger charge is -2.07. The third kappa shape index (κ3) is 2.25.